The minimum Gasteiger partial charge on any atom is -0.368 e. The summed E-state index contributed by atoms with van der Waals surface area (Å²) in [5.74, 6) is 0. The van der Waals surface area contributed by atoms with Gasteiger partial charge in [0.25, 0.3) is 0 Å². The number of ether oxygens (including phenoxy) is 1. The summed E-state index contributed by atoms with van der Waals surface area (Å²) in [4.78, 5) is 0. The Balaban J connectivity index is 2.14. The SMILES string of the molecule is Cc1cccc([C@@H]2CNC[C@H](C)O2)c1. The smallest absolute Gasteiger partial charge is 0.0953 e. The molecule has 0 spiro atoms. The van der Waals surface area contributed by atoms with Crippen LogP contribution in [0.25, 0.3) is 0 Å². The van der Waals surface area contributed by atoms with Gasteiger partial charge in [-0.3, -0.25) is 0 Å². The summed E-state index contributed by atoms with van der Waals surface area (Å²) in [6, 6.07) is 8.54. The highest BCUT2D eigenvalue weighted by Gasteiger charge is 2.19. The number of hydrogen-bond donors (Lipinski definition) is 1. The van der Waals surface area contributed by atoms with Crippen molar-refractivity contribution in [2.45, 2.75) is 26.1 Å². The number of hydrogen-bond acceptors (Lipinski definition) is 2. The van der Waals surface area contributed by atoms with E-state index < -0.39 is 0 Å². The van der Waals surface area contributed by atoms with Gasteiger partial charge in [-0.25, -0.2) is 0 Å². The molecule has 2 nitrogen and oxygen atoms in total. The van der Waals surface area contributed by atoms with Gasteiger partial charge in [-0.05, 0) is 19.4 Å². The number of rotatable bonds is 1. The highest BCUT2D eigenvalue weighted by Crippen LogP contribution is 2.21. The molecule has 14 heavy (non-hydrogen) atoms. The van der Waals surface area contributed by atoms with Crippen LogP contribution < -0.4 is 5.32 Å². The van der Waals surface area contributed by atoms with E-state index in [0.29, 0.717) is 6.10 Å². The Labute approximate surface area is 85.3 Å². The van der Waals surface area contributed by atoms with E-state index in [9.17, 15) is 0 Å². The molecule has 0 aromatic heterocycles. The average molecular weight is 191 g/mol. The minimum absolute atomic E-state index is 0.221. The maximum absolute atomic E-state index is 5.86. The lowest BCUT2D eigenvalue weighted by Crippen LogP contribution is -2.38. The second-order valence-electron chi connectivity index (χ2n) is 4.01. The molecule has 0 bridgehead atoms. The van der Waals surface area contributed by atoms with E-state index in [-0.39, 0.29) is 6.10 Å². The molecule has 0 aliphatic carbocycles. The predicted molar refractivity (Wildman–Crippen MR) is 57.3 cm³/mol. The molecule has 1 aliphatic heterocycles. The molecule has 0 radical (unpaired) electrons. The van der Waals surface area contributed by atoms with Gasteiger partial charge in [0.1, 0.15) is 0 Å². The molecule has 1 aromatic carbocycles. The molecule has 0 amide bonds. The van der Waals surface area contributed by atoms with Crippen molar-refractivity contribution in [2.24, 2.45) is 0 Å². The molecule has 0 saturated carbocycles. The van der Waals surface area contributed by atoms with E-state index in [0.717, 1.165) is 13.1 Å². The summed E-state index contributed by atoms with van der Waals surface area (Å²) in [7, 11) is 0. The zero-order valence-electron chi connectivity index (χ0n) is 8.79. The fourth-order valence-electron chi connectivity index (χ4n) is 1.86. The molecule has 0 unspecified atom stereocenters. The van der Waals surface area contributed by atoms with E-state index in [1.54, 1.807) is 0 Å². The van der Waals surface area contributed by atoms with Gasteiger partial charge in [-0.1, -0.05) is 29.8 Å². The Hall–Kier alpha value is -0.860. The van der Waals surface area contributed by atoms with Gasteiger partial charge in [-0.2, -0.15) is 0 Å². The predicted octanol–water partition coefficient (Wildman–Crippen LogP) is 2.04. The first kappa shape index (κ1) is 9.69. The second-order valence-corrected chi connectivity index (χ2v) is 4.01. The molecular weight excluding hydrogens is 174 g/mol. The van der Waals surface area contributed by atoms with Crippen molar-refractivity contribution in [3.63, 3.8) is 0 Å². The molecule has 1 aliphatic rings. The van der Waals surface area contributed by atoms with Crippen LogP contribution in [0, 0.1) is 6.92 Å². The van der Waals surface area contributed by atoms with Gasteiger partial charge in [0.05, 0.1) is 12.2 Å². The fraction of sp³-hybridized carbons (Fsp3) is 0.500. The molecule has 2 atom stereocenters. The maximum Gasteiger partial charge on any atom is 0.0953 e. The minimum atomic E-state index is 0.221. The van der Waals surface area contributed by atoms with Gasteiger partial charge in [0.2, 0.25) is 0 Å². The molecule has 1 saturated heterocycles. The molecular formula is C12H17NO. The fourth-order valence-corrected chi connectivity index (χ4v) is 1.86. The van der Waals surface area contributed by atoms with Crippen molar-refractivity contribution in [3.05, 3.63) is 35.4 Å². The lowest BCUT2D eigenvalue weighted by Gasteiger charge is -2.29. The average Bonchev–Trinajstić information content (AvgIpc) is 2.18. The van der Waals surface area contributed by atoms with Crippen LogP contribution in [0.1, 0.15) is 24.2 Å². The zero-order valence-corrected chi connectivity index (χ0v) is 8.79. The van der Waals surface area contributed by atoms with Crippen LogP contribution in [-0.2, 0) is 4.74 Å². The van der Waals surface area contributed by atoms with Crippen molar-refractivity contribution in [1.29, 1.82) is 0 Å². The van der Waals surface area contributed by atoms with E-state index in [2.05, 4.69) is 43.4 Å². The molecule has 1 fully saturated rings. The standard InChI is InChI=1S/C12H17NO/c1-9-4-3-5-11(6-9)12-8-13-7-10(2)14-12/h3-6,10,12-13H,7-8H2,1-2H3/t10-,12-/m0/s1. The summed E-state index contributed by atoms with van der Waals surface area (Å²) >= 11 is 0. The van der Waals surface area contributed by atoms with Gasteiger partial charge in [-0.15, -0.1) is 0 Å². The van der Waals surface area contributed by atoms with Crippen molar-refractivity contribution in [3.8, 4) is 0 Å². The Kier molecular flexibility index (Phi) is 2.85. The van der Waals surface area contributed by atoms with Crippen LogP contribution in [0.4, 0.5) is 0 Å². The Morgan fingerprint density at radius 2 is 2.21 bits per heavy atom. The third kappa shape index (κ3) is 2.14. The summed E-state index contributed by atoms with van der Waals surface area (Å²) in [6.45, 7) is 6.11. The first-order valence-corrected chi connectivity index (χ1v) is 5.18. The first-order chi connectivity index (χ1) is 6.75. The van der Waals surface area contributed by atoms with E-state index >= 15 is 0 Å². The Bertz CT molecular complexity index is 311. The maximum atomic E-state index is 5.86. The van der Waals surface area contributed by atoms with Crippen molar-refractivity contribution >= 4 is 0 Å². The number of nitrogens with one attached hydrogen (secondary N) is 1. The highest BCUT2D eigenvalue weighted by molar-refractivity contribution is 5.24. The van der Waals surface area contributed by atoms with Gasteiger partial charge < -0.3 is 10.1 Å². The molecule has 76 valence electrons. The Morgan fingerprint density at radius 3 is 2.93 bits per heavy atom. The molecule has 1 aromatic rings. The summed E-state index contributed by atoms with van der Waals surface area (Å²) in [5.41, 5.74) is 2.58. The van der Waals surface area contributed by atoms with Crippen LogP contribution in [-0.4, -0.2) is 19.2 Å². The lowest BCUT2D eigenvalue weighted by molar-refractivity contribution is -0.0287. The Morgan fingerprint density at radius 1 is 1.36 bits per heavy atom. The first-order valence-electron chi connectivity index (χ1n) is 5.18. The topological polar surface area (TPSA) is 21.3 Å². The van der Waals surface area contributed by atoms with Gasteiger partial charge >= 0.3 is 0 Å². The number of aryl methyl sites for hydroxylation is 1. The van der Waals surface area contributed by atoms with Crippen LogP contribution in [0.3, 0.4) is 0 Å². The van der Waals surface area contributed by atoms with E-state index in [4.69, 9.17) is 4.74 Å². The van der Waals surface area contributed by atoms with Gasteiger partial charge in [0.15, 0.2) is 0 Å². The number of benzene rings is 1. The quantitative estimate of drug-likeness (QED) is 0.733. The van der Waals surface area contributed by atoms with Gasteiger partial charge in [0, 0.05) is 13.1 Å². The molecule has 2 heteroatoms. The van der Waals surface area contributed by atoms with Crippen LogP contribution in [0.5, 0.6) is 0 Å². The number of morpholine rings is 1. The monoisotopic (exact) mass is 191 g/mol. The summed E-state index contributed by atoms with van der Waals surface area (Å²) < 4.78 is 5.86. The van der Waals surface area contributed by atoms with Crippen molar-refractivity contribution in [1.82, 2.24) is 5.32 Å². The largest absolute Gasteiger partial charge is 0.368 e. The van der Waals surface area contributed by atoms with E-state index in [1.165, 1.54) is 11.1 Å². The molecule has 1 heterocycles. The van der Waals surface area contributed by atoms with Crippen LogP contribution in [0.15, 0.2) is 24.3 Å². The molecule has 1 N–H and O–H groups in total. The molecule has 2 rings (SSSR count). The van der Waals surface area contributed by atoms with Crippen molar-refractivity contribution < 1.29 is 4.74 Å². The third-order valence-corrected chi connectivity index (χ3v) is 2.57. The second kappa shape index (κ2) is 4.11. The van der Waals surface area contributed by atoms with E-state index in [1.807, 2.05) is 0 Å². The van der Waals surface area contributed by atoms with Crippen LogP contribution >= 0.6 is 0 Å². The summed E-state index contributed by atoms with van der Waals surface area (Å²) in [6.07, 6.45) is 0.535. The highest BCUT2D eigenvalue weighted by atomic mass is 16.5. The third-order valence-electron chi connectivity index (χ3n) is 2.57. The lowest BCUT2D eigenvalue weighted by atomic mass is 10.1. The zero-order chi connectivity index (χ0) is 9.97. The normalized spacial score (nSPS) is 27.6. The summed E-state index contributed by atoms with van der Waals surface area (Å²) in [5, 5.41) is 3.38. The van der Waals surface area contributed by atoms with Crippen LogP contribution in [0.2, 0.25) is 0 Å². The van der Waals surface area contributed by atoms with Crippen molar-refractivity contribution in [2.75, 3.05) is 13.1 Å².